The summed E-state index contributed by atoms with van der Waals surface area (Å²) in [5, 5.41) is 0.625. The molecule has 0 aromatic carbocycles. The van der Waals surface area contributed by atoms with Gasteiger partial charge >= 0.3 is 5.97 Å². The summed E-state index contributed by atoms with van der Waals surface area (Å²) in [5.74, 6) is -0.385. The zero-order chi connectivity index (χ0) is 8.20. The molecule has 0 saturated carbocycles. The maximum absolute atomic E-state index is 10.6. The van der Waals surface area contributed by atoms with Crippen molar-refractivity contribution in [1.29, 1.82) is 0 Å². The van der Waals surface area contributed by atoms with Gasteiger partial charge in [0.25, 0.3) is 0 Å². The van der Waals surface area contributed by atoms with Crippen LogP contribution in [0.25, 0.3) is 0 Å². The third-order valence-corrected chi connectivity index (χ3v) is 2.22. The summed E-state index contributed by atoms with van der Waals surface area (Å²) in [5.41, 5.74) is -0.439. The highest BCUT2D eigenvalue weighted by molar-refractivity contribution is 9.09. The summed E-state index contributed by atoms with van der Waals surface area (Å²) in [6.07, 6.45) is 1.16. The largest absolute Gasteiger partial charge is 0.456 e. The van der Waals surface area contributed by atoms with Gasteiger partial charge in [0.1, 0.15) is 5.60 Å². The van der Waals surface area contributed by atoms with Crippen LogP contribution in [0.5, 0.6) is 0 Å². The predicted octanol–water partition coefficient (Wildman–Crippen LogP) is 1.89. The number of esters is 1. The number of alkyl halides is 1. The Kier molecular flexibility index (Phi) is 3.64. The molecule has 0 aliphatic carbocycles. The zero-order valence-corrected chi connectivity index (χ0v) is 7.77. The van der Waals surface area contributed by atoms with Crippen LogP contribution in [-0.4, -0.2) is 16.9 Å². The van der Waals surface area contributed by atoms with Crippen LogP contribution in [0.2, 0.25) is 0 Å². The van der Waals surface area contributed by atoms with E-state index in [2.05, 4.69) is 22.5 Å². The Hall–Kier alpha value is -0.310. The molecule has 0 unspecified atom stereocenters. The van der Waals surface area contributed by atoms with Gasteiger partial charge < -0.3 is 4.74 Å². The Morgan fingerprint density at radius 2 is 2.30 bits per heavy atom. The molecular formula is C7H11BrO2. The molecule has 0 aromatic heterocycles. The van der Waals surface area contributed by atoms with Crippen LogP contribution in [0.3, 0.4) is 0 Å². The van der Waals surface area contributed by atoms with Gasteiger partial charge in [0.05, 0.1) is 0 Å². The van der Waals surface area contributed by atoms with Crippen molar-refractivity contribution in [3.05, 3.63) is 12.7 Å². The summed E-state index contributed by atoms with van der Waals surface area (Å²) < 4.78 is 4.93. The van der Waals surface area contributed by atoms with Crippen molar-refractivity contribution in [2.75, 3.05) is 5.33 Å². The molecule has 0 heterocycles. The van der Waals surface area contributed by atoms with Crippen LogP contribution < -0.4 is 0 Å². The van der Waals surface area contributed by atoms with Crippen molar-refractivity contribution >= 4 is 21.9 Å². The van der Waals surface area contributed by atoms with Gasteiger partial charge in [0.15, 0.2) is 0 Å². The molecule has 0 N–H and O–H groups in total. The minimum atomic E-state index is -0.439. The fraction of sp³-hybridized carbons (Fsp3) is 0.571. The van der Waals surface area contributed by atoms with E-state index in [1.54, 1.807) is 0 Å². The SMILES string of the molecule is C=CC(=O)OC(C)(C)CBr. The summed E-state index contributed by atoms with van der Waals surface area (Å²) >= 11 is 3.22. The second kappa shape index (κ2) is 3.76. The van der Waals surface area contributed by atoms with Crippen molar-refractivity contribution in [1.82, 2.24) is 0 Å². The standard InChI is InChI=1S/C7H11BrO2/c1-4-6(9)10-7(2,3)5-8/h4H,1,5H2,2-3H3. The van der Waals surface area contributed by atoms with Crippen LogP contribution in [0, 0.1) is 0 Å². The number of hydrogen-bond donors (Lipinski definition) is 0. The van der Waals surface area contributed by atoms with Crippen LogP contribution in [0.4, 0.5) is 0 Å². The molecule has 0 fully saturated rings. The molecular weight excluding hydrogens is 196 g/mol. The molecule has 0 amide bonds. The maximum atomic E-state index is 10.6. The van der Waals surface area contributed by atoms with Gasteiger partial charge in [-0.2, -0.15) is 0 Å². The fourth-order valence-electron chi connectivity index (χ4n) is 0.341. The topological polar surface area (TPSA) is 26.3 Å². The van der Waals surface area contributed by atoms with E-state index in [0.29, 0.717) is 5.33 Å². The molecule has 0 aromatic rings. The summed E-state index contributed by atoms with van der Waals surface area (Å²) in [7, 11) is 0. The molecule has 58 valence electrons. The molecule has 3 heteroatoms. The zero-order valence-electron chi connectivity index (χ0n) is 6.19. The van der Waals surface area contributed by atoms with E-state index >= 15 is 0 Å². The van der Waals surface area contributed by atoms with Crippen molar-refractivity contribution in [3.63, 3.8) is 0 Å². The number of carbonyl (C=O) groups is 1. The minimum Gasteiger partial charge on any atom is -0.456 e. The van der Waals surface area contributed by atoms with Crippen LogP contribution >= 0.6 is 15.9 Å². The summed E-state index contributed by atoms with van der Waals surface area (Å²) in [6.45, 7) is 6.93. The second-order valence-electron chi connectivity index (χ2n) is 2.52. The molecule has 0 rings (SSSR count). The average Bonchev–Trinajstić information content (AvgIpc) is 1.87. The quantitative estimate of drug-likeness (QED) is 0.401. The van der Waals surface area contributed by atoms with E-state index in [4.69, 9.17) is 4.74 Å². The lowest BCUT2D eigenvalue weighted by Gasteiger charge is -2.20. The third kappa shape index (κ3) is 3.67. The number of ether oxygens (including phenoxy) is 1. The molecule has 0 bridgehead atoms. The Morgan fingerprint density at radius 1 is 1.80 bits per heavy atom. The van der Waals surface area contributed by atoms with Crippen molar-refractivity contribution in [2.24, 2.45) is 0 Å². The van der Waals surface area contributed by atoms with E-state index in [1.165, 1.54) is 0 Å². The van der Waals surface area contributed by atoms with E-state index < -0.39 is 5.60 Å². The lowest BCUT2D eigenvalue weighted by atomic mass is 10.2. The Balaban J connectivity index is 3.87. The predicted molar refractivity (Wildman–Crippen MR) is 44.2 cm³/mol. The van der Waals surface area contributed by atoms with E-state index in [9.17, 15) is 4.79 Å². The highest BCUT2D eigenvalue weighted by Crippen LogP contribution is 2.12. The van der Waals surface area contributed by atoms with E-state index in [0.717, 1.165) is 6.08 Å². The highest BCUT2D eigenvalue weighted by atomic mass is 79.9. The molecule has 0 aliphatic heterocycles. The normalized spacial score (nSPS) is 10.7. The van der Waals surface area contributed by atoms with Crippen molar-refractivity contribution in [2.45, 2.75) is 19.4 Å². The van der Waals surface area contributed by atoms with Crippen LogP contribution in [-0.2, 0) is 9.53 Å². The van der Waals surface area contributed by atoms with Gasteiger partial charge in [-0.05, 0) is 13.8 Å². The van der Waals surface area contributed by atoms with Gasteiger partial charge in [0.2, 0.25) is 0 Å². The minimum absolute atomic E-state index is 0.385. The first-order valence-corrected chi connectivity index (χ1v) is 4.05. The molecule has 0 atom stereocenters. The first kappa shape index (κ1) is 9.69. The van der Waals surface area contributed by atoms with Crippen LogP contribution in [0.15, 0.2) is 12.7 Å². The Morgan fingerprint density at radius 3 is 2.60 bits per heavy atom. The molecule has 0 aliphatic rings. The third-order valence-electron chi connectivity index (χ3n) is 0.865. The lowest BCUT2D eigenvalue weighted by Crippen LogP contribution is -2.28. The van der Waals surface area contributed by atoms with Crippen molar-refractivity contribution < 1.29 is 9.53 Å². The first-order valence-electron chi connectivity index (χ1n) is 2.93. The van der Waals surface area contributed by atoms with E-state index in [-0.39, 0.29) is 5.97 Å². The maximum Gasteiger partial charge on any atom is 0.330 e. The first-order chi connectivity index (χ1) is 4.52. The Labute approximate surface area is 69.4 Å². The number of carbonyl (C=O) groups excluding carboxylic acids is 1. The Bertz CT molecular complexity index is 141. The molecule has 0 radical (unpaired) electrons. The molecule has 10 heavy (non-hydrogen) atoms. The number of halogens is 1. The van der Waals surface area contributed by atoms with Crippen molar-refractivity contribution in [3.8, 4) is 0 Å². The van der Waals surface area contributed by atoms with Gasteiger partial charge in [-0.15, -0.1) is 0 Å². The lowest BCUT2D eigenvalue weighted by molar-refractivity contribution is -0.147. The average molecular weight is 207 g/mol. The van der Waals surface area contributed by atoms with Crippen LogP contribution in [0.1, 0.15) is 13.8 Å². The number of hydrogen-bond acceptors (Lipinski definition) is 2. The fourth-order valence-corrected chi connectivity index (χ4v) is 0.456. The highest BCUT2D eigenvalue weighted by Gasteiger charge is 2.19. The number of rotatable bonds is 3. The van der Waals surface area contributed by atoms with Gasteiger partial charge in [-0.1, -0.05) is 22.5 Å². The summed E-state index contributed by atoms with van der Waals surface area (Å²) in [4.78, 5) is 10.6. The molecule has 0 spiro atoms. The molecule has 0 saturated heterocycles. The summed E-state index contributed by atoms with van der Waals surface area (Å²) in [6, 6.07) is 0. The van der Waals surface area contributed by atoms with Gasteiger partial charge in [-0.25, -0.2) is 4.79 Å². The van der Waals surface area contributed by atoms with Gasteiger partial charge in [-0.3, -0.25) is 0 Å². The smallest absolute Gasteiger partial charge is 0.330 e. The van der Waals surface area contributed by atoms with E-state index in [1.807, 2.05) is 13.8 Å². The molecule has 2 nitrogen and oxygen atoms in total. The monoisotopic (exact) mass is 206 g/mol. The van der Waals surface area contributed by atoms with Gasteiger partial charge in [0, 0.05) is 11.4 Å². The second-order valence-corrected chi connectivity index (χ2v) is 3.08.